The van der Waals surface area contributed by atoms with Gasteiger partial charge in [0, 0.05) is 12.6 Å². The summed E-state index contributed by atoms with van der Waals surface area (Å²) in [5.41, 5.74) is 0.711. The summed E-state index contributed by atoms with van der Waals surface area (Å²) in [6.45, 7) is 1.93. The molecule has 2 N–H and O–H groups in total. The van der Waals surface area contributed by atoms with Crippen LogP contribution in [0.15, 0.2) is 13.6 Å². The Labute approximate surface area is 127 Å². The molecule has 1 saturated heterocycles. The third kappa shape index (κ3) is 4.21. The maximum Gasteiger partial charge on any atom is 0.253 e. The average molecular weight is 405 g/mol. The second kappa shape index (κ2) is 7.09. The summed E-state index contributed by atoms with van der Waals surface area (Å²) in [6, 6.07) is 2.10. The normalized spacial score (nSPS) is 19.5. The van der Waals surface area contributed by atoms with Crippen LogP contribution < -0.4 is 10.6 Å². The van der Waals surface area contributed by atoms with Gasteiger partial charge in [-0.05, 0) is 57.3 Å². The fourth-order valence-corrected chi connectivity index (χ4v) is 4.53. The molecule has 0 spiro atoms. The van der Waals surface area contributed by atoms with Crippen LogP contribution in [-0.2, 0) is 0 Å². The van der Waals surface area contributed by atoms with E-state index in [9.17, 15) is 4.79 Å². The Morgan fingerprint density at radius 3 is 2.82 bits per heavy atom. The summed E-state index contributed by atoms with van der Waals surface area (Å²) in [7, 11) is 0. The number of hydrogen-bond donors (Lipinski definition) is 2. The predicted molar refractivity (Wildman–Crippen MR) is 80.3 cm³/mol. The molecule has 2 heterocycles. The molecule has 0 aromatic carbocycles. The fourth-order valence-electron chi connectivity index (χ4n) is 1.73. The van der Waals surface area contributed by atoms with E-state index in [-0.39, 0.29) is 24.4 Å². The van der Waals surface area contributed by atoms with E-state index in [4.69, 9.17) is 0 Å². The van der Waals surface area contributed by atoms with Crippen molar-refractivity contribution in [2.24, 2.45) is 0 Å². The number of halogens is 3. The van der Waals surface area contributed by atoms with Gasteiger partial charge in [-0.25, -0.2) is 0 Å². The van der Waals surface area contributed by atoms with Gasteiger partial charge in [-0.1, -0.05) is 0 Å². The molecule has 1 amide bonds. The zero-order valence-electron chi connectivity index (χ0n) is 8.96. The lowest BCUT2D eigenvalue weighted by molar-refractivity contribution is 0.0930. The van der Waals surface area contributed by atoms with Gasteiger partial charge in [0.15, 0.2) is 0 Å². The molecule has 96 valence electrons. The minimum Gasteiger partial charge on any atom is -0.348 e. The van der Waals surface area contributed by atoms with Crippen molar-refractivity contribution >= 4 is 61.5 Å². The summed E-state index contributed by atoms with van der Waals surface area (Å²) < 4.78 is 1.84. The topological polar surface area (TPSA) is 41.1 Å². The highest BCUT2D eigenvalue weighted by Gasteiger charge is 2.19. The number of carbonyl (C=O) groups is 1. The number of piperidine rings is 1. The molecule has 17 heavy (non-hydrogen) atoms. The maximum atomic E-state index is 12.0. The molecule has 1 aromatic rings. The van der Waals surface area contributed by atoms with Crippen molar-refractivity contribution < 1.29 is 4.79 Å². The number of hydrogen-bond acceptors (Lipinski definition) is 3. The first-order chi connectivity index (χ1) is 7.66. The standard InChI is InChI=1S/C10H12Br2N2OS.ClH/c11-8-4-7(9(12)16-8)10(15)14-6-2-1-3-13-5-6;/h4,6,13H,1-3,5H2,(H,14,15);1H. The van der Waals surface area contributed by atoms with Gasteiger partial charge in [-0.15, -0.1) is 23.7 Å². The zero-order valence-corrected chi connectivity index (χ0v) is 13.8. The van der Waals surface area contributed by atoms with Gasteiger partial charge in [0.25, 0.3) is 5.91 Å². The van der Waals surface area contributed by atoms with Crippen molar-refractivity contribution in [2.45, 2.75) is 18.9 Å². The van der Waals surface area contributed by atoms with Crippen molar-refractivity contribution in [1.82, 2.24) is 10.6 Å². The van der Waals surface area contributed by atoms with Crippen LogP contribution in [0.25, 0.3) is 0 Å². The Morgan fingerprint density at radius 1 is 1.53 bits per heavy atom. The van der Waals surface area contributed by atoms with Crippen molar-refractivity contribution in [3.63, 3.8) is 0 Å². The molecule has 0 aliphatic carbocycles. The van der Waals surface area contributed by atoms with E-state index in [0.717, 1.165) is 33.5 Å². The van der Waals surface area contributed by atoms with E-state index in [1.54, 1.807) is 0 Å². The molecule has 0 bridgehead atoms. The van der Waals surface area contributed by atoms with Gasteiger partial charge in [-0.3, -0.25) is 4.79 Å². The lowest BCUT2D eigenvalue weighted by Crippen LogP contribution is -2.45. The van der Waals surface area contributed by atoms with Gasteiger partial charge in [0.05, 0.1) is 13.1 Å². The van der Waals surface area contributed by atoms with Gasteiger partial charge >= 0.3 is 0 Å². The third-order valence-corrected chi connectivity index (χ3v) is 4.87. The van der Waals surface area contributed by atoms with Gasteiger partial charge < -0.3 is 10.6 Å². The second-order valence-corrected chi connectivity index (χ2v) is 7.50. The van der Waals surface area contributed by atoms with E-state index < -0.39 is 0 Å². The van der Waals surface area contributed by atoms with Crippen molar-refractivity contribution in [3.8, 4) is 0 Å². The van der Waals surface area contributed by atoms with Crippen LogP contribution in [0.2, 0.25) is 0 Å². The Balaban J connectivity index is 0.00000144. The van der Waals surface area contributed by atoms with Gasteiger partial charge in [0.1, 0.15) is 0 Å². The number of amides is 1. The Kier molecular flexibility index (Phi) is 6.44. The zero-order chi connectivity index (χ0) is 11.5. The molecule has 7 heteroatoms. The SMILES string of the molecule is Cl.O=C(NC1CCCNC1)c1cc(Br)sc1Br. The van der Waals surface area contributed by atoms with Crippen LogP contribution in [0.1, 0.15) is 23.2 Å². The largest absolute Gasteiger partial charge is 0.348 e. The Morgan fingerprint density at radius 2 is 2.29 bits per heavy atom. The quantitative estimate of drug-likeness (QED) is 0.795. The van der Waals surface area contributed by atoms with Crippen LogP contribution in [0.4, 0.5) is 0 Å². The highest BCUT2D eigenvalue weighted by Crippen LogP contribution is 2.31. The molecule has 1 unspecified atom stereocenters. The summed E-state index contributed by atoms with van der Waals surface area (Å²) >= 11 is 8.28. The molecule has 0 saturated carbocycles. The highest BCUT2D eigenvalue weighted by molar-refractivity contribution is 9.12. The summed E-state index contributed by atoms with van der Waals surface area (Å²) in [5, 5.41) is 6.32. The highest BCUT2D eigenvalue weighted by atomic mass is 79.9. The summed E-state index contributed by atoms with van der Waals surface area (Å²) in [4.78, 5) is 12.0. The van der Waals surface area contributed by atoms with Crippen molar-refractivity contribution in [1.29, 1.82) is 0 Å². The number of carbonyl (C=O) groups excluding carboxylic acids is 1. The third-order valence-electron chi connectivity index (χ3n) is 2.53. The van der Waals surface area contributed by atoms with E-state index >= 15 is 0 Å². The van der Waals surface area contributed by atoms with E-state index in [0.29, 0.717) is 5.56 Å². The molecule has 0 radical (unpaired) electrons. The van der Waals surface area contributed by atoms with Crippen LogP contribution in [0.5, 0.6) is 0 Å². The summed E-state index contributed by atoms with van der Waals surface area (Å²) in [6.07, 6.45) is 2.18. The number of nitrogens with one attached hydrogen (secondary N) is 2. The van der Waals surface area contributed by atoms with E-state index in [1.807, 2.05) is 6.07 Å². The van der Waals surface area contributed by atoms with Gasteiger partial charge in [-0.2, -0.15) is 0 Å². The number of rotatable bonds is 2. The van der Waals surface area contributed by atoms with E-state index in [1.165, 1.54) is 11.3 Å². The molecular weight excluding hydrogens is 391 g/mol. The lowest BCUT2D eigenvalue weighted by atomic mass is 10.1. The fraction of sp³-hybridized carbons (Fsp3) is 0.500. The van der Waals surface area contributed by atoms with E-state index in [2.05, 4.69) is 42.5 Å². The van der Waals surface area contributed by atoms with Crippen LogP contribution in [0, 0.1) is 0 Å². The first kappa shape index (κ1) is 15.4. The molecule has 1 fully saturated rings. The van der Waals surface area contributed by atoms with Crippen molar-refractivity contribution in [2.75, 3.05) is 13.1 Å². The monoisotopic (exact) mass is 402 g/mol. The van der Waals surface area contributed by atoms with Crippen LogP contribution in [0.3, 0.4) is 0 Å². The van der Waals surface area contributed by atoms with Gasteiger partial charge in [0.2, 0.25) is 0 Å². The second-order valence-electron chi connectivity index (χ2n) is 3.75. The lowest BCUT2D eigenvalue weighted by Gasteiger charge is -2.23. The molecule has 1 aliphatic rings. The van der Waals surface area contributed by atoms with Crippen LogP contribution in [-0.4, -0.2) is 25.0 Å². The number of thiophene rings is 1. The molecule has 3 nitrogen and oxygen atoms in total. The first-order valence-corrected chi connectivity index (χ1v) is 7.53. The maximum absolute atomic E-state index is 12.0. The molecule has 2 rings (SSSR count). The molecule has 1 atom stereocenters. The smallest absolute Gasteiger partial charge is 0.253 e. The first-order valence-electron chi connectivity index (χ1n) is 5.13. The molecule has 1 aromatic heterocycles. The minimum absolute atomic E-state index is 0. The molecule has 1 aliphatic heterocycles. The van der Waals surface area contributed by atoms with Crippen LogP contribution >= 0.6 is 55.6 Å². The Bertz CT molecular complexity index is 394. The van der Waals surface area contributed by atoms with Crippen molar-refractivity contribution in [3.05, 3.63) is 19.2 Å². The average Bonchev–Trinajstić information content (AvgIpc) is 2.59. The predicted octanol–water partition coefficient (Wildman–Crippen LogP) is 3.18. The minimum atomic E-state index is 0. The Hall–Kier alpha value is 0.380. The summed E-state index contributed by atoms with van der Waals surface area (Å²) in [5.74, 6) is 0.00234. The molecular formula is C10H13Br2ClN2OS.